The molecule has 0 fully saturated rings. The van der Waals surface area contributed by atoms with Crippen LogP contribution in [0.25, 0.3) is 6.08 Å². The Labute approximate surface area is 112 Å². The van der Waals surface area contributed by atoms with Crippen LogP contribution in [0.4, 0.5) is 0 Å². The third kappa shape index (κ3) is 2.25. The molecular formula is C9H8Cl3NO2S. The number of alkyl halides is 3. The molecule has 7 heteroatoms. The number of allylic oxidation sites excluding steroid dienone is 1. The largest absolute Gasteiger partial charge is 0.494 e. The van der Waals surface area contributed by atoms with Gasteiger partial charge in [0.25, 0.3) is 3.12 Å². The quantitative estimate of drug-likeness (QED) is 0.778. The van der Waals surface area contributed by atoms with Gasteiger partial charge in [0.1, 0.15) is 0 Å². The second-order valence-electron chi connectivity index (χ2n) is 3.31. The number of hydrogen-bond acceptors (Lipinski definition) is 3. The van der Waals surface area contributed by atoms with E-state index in [0.717, 1.165) is 22.3 Å². The van der Waals surface area contributed by atoms with E-state index in [1.807, 2.05) is 6.08 Å². The van der Waals surface area contributed by atoms with Crippen LogP contribution in [0, 0.1) is 0 Å². The standard InChI is InChI=1S/C9H8Cl3NO2S/c10-9(11,12)16-13-7(14)5-3-1-2-4-6(5)8(13)15/h1,3,14-15H,2,4H2. The molecule has 0 saturated carbocycles. The summed E-state index contributed by atoms with van der Waals surface area (Å²) in [5, 5.41) is 19.8. The molecule has 88 valence electrons. The zero-order chi connectivity index (χ0) is 11.9. The predicted molar refractivity (Wildman–Crippen MR) is 68.4 cm³/mol. The topological polar surface area (TPSA) is 45.4 Å². The summed E-state index contributed by atoms with van der Waals surface area (Å²) >= 11 is 17.6. The number of hydrogen-bond donors (Lipinski definition) is 2. The third-order valence-corrected chi connectivity index (χ3v) is 3.62. The van der Waals surface area contributed by atoms with E-state index in [9.17, 15) is 10.2 Å². The van der Waals surface area contributed by atoms with Crippen molar-refractivity contribution in [1.82, 2.24) is 3.97 Å². The molecule has 0 radical (unpaired) electrons. The monoisotopic (exact) mass is 299 g/mol. The molecule has 0 amide bonds. The Kier molecular flexibility index (Phi) is 3.27. The molecule has 16 heavy (non-hydrogen) atoms. The summed E-state index contributed by atoms with van der Waals surface area (Å²) in [5.41, 5.74) is 1.27. The zero-order valence-corrected chi connectivity index (χ0v) is 11.0. The van der Waals surface area contributed by atoms with Crippen LogP contribution in [0.15, 0.2) is 6.08 Å². The fourth-order valence-electron chi connectivity index (χ4n) is 1.63. The van der Waals surface area contributed by atoms with Gasteiger partial charge in [0, 0.05) is 23.1 Å². The fourth-order valence-corrected chi connectivity index (χ4v) is 2.84. The van der Waals surface area contributed by atoms with Crippen molar-refractivity contribution >= 4 is 52.8 Å². The molecule has 0 saturated heterocycles. The predicted octanol–water partition coefficient (Wildman–Crippen LogP) is 3.68. The van der Waals surface area contributed by atoms with Crippen molar-refractivity contribution in [3.8, 4) is 11.8 Å². The van der Waals surface area contributed by atoms with E-state index in [2.05, 4.69) is 0 Å². The summed E-state index contributed by atoms with van der Waals surface area (Å²) in [6.07, 6.45) is 5.16. The van der Waals surface area contributed by atoms with E-state index in [4.69, 9.17) is 34.8 Å². The smallest absolute Gasteiger partial charge is 0.256 e. The van der Waals surface area contributed by atoms with Crippen LogP contribution >= 0.6 is 46.8 Å². The van der Waals surface area contributed by atoms with Gasteiger partial charge in [-0.25, -0.2) is 3.97 Å². The number of halogens is 3. The van der Waals surface area contributed by atoms with Gasteiger partial charge in [-0.2, -0.15) is 0 Å². The zero-order valence-electron chi connectivity index (χ0n) is 7.95. The maximum Gasteiger partial charge on any atom is 0.256 e. The molecule has 1 aliphatic carbocycles. The molecule has 3 nitrogen and oxygen atoms in total. The minimum Gasteiger partial charge on any atom is -0.494 e. The fraction of sp³-hybridized carbons (Fsp3) is 0.333. The highest BCUT2D eigenvalue weighted by atomic mass is 35.6. The molecule has 0 atom stereocenters. The molecule has 2 N–H and O–H groups in total. The van der Waals surface area contributed by atoms with Crippen molar-refractivity contribution in [3.05, 3.63) is 17.2 Å². The lowest BCUT2D eigenvalue weighted by molar-refractivity contribution is 0.414. The Morgan fingerprint density at radius 3 is 2.50 bits per heavy atom. The lowest BCUT2D eigenvalue weighted by Gasteiger charge is -2.12. The SMILES string of the molecule is Oc1c2c(c(O)n1SC(Cl)(Cl)Cl)CCC=C2. The lowest BCUT2D eigenvalue weighted by Crippen LogP contribution is -1.99. The first-order valence-electron chi connectivity index (χ1n) is 4.48. The highest BCUT2D eigenvalue weighted by Crippen LogP contribution is 2.48. The molecule has 0 unspecified atom stereocenters. The summed E-state index contributed by atoms with van der Waals surface area (Å²) < 4.78 is -0.506. The first-order chi connectivity index (χ1) is 7.40. The van der Waals surface area contributed by atoms with E-state index in [-0.39, 0.29) is 11.8 Å². The van der Waals surface area contributed by atoms with Gasteiger partial charge in [0.15, 0.2) is 0 Å². The summed E-state index contributed by atoms with van der Waals surface area (Å²) in [7, 11) is 0. The number of aromatic hydroxyl groups is 2. The van der Waals surface area contributed by atoms with Crippen molar-refractivity contribution in [3.63, 3.8) is 0 Å². The summed E-state index contributed by atoms with van der Waals surface area (Å²) in [6.45, 7) is 0. The maximum absolute atomic E-state index is 9.89. The van der Waals surface area contributed by atoms with Crippen molar-refractivity contribution in [2.45, 2.75) is 16.0 Å². The van der Waals surface area contributed by atoms with Crippen LogP contribution in [0.5, 0.6) is 11.8 Å². The van der Waals surface area contributed by atoms with Gasteiger partial charge < -0.3 is 10.2 Å². The van der Waals surface area contributed by atoms with Crippen molar-refractivity contribution < 1.29 is 10.2 Å². The van der Waals surface area contributed by atoms with Crippen LogP contribution < -0.4 is 0 Å². The summed E-state index contributed by atoms with van der Waals surface area (Å²) in [4.78, 5) is 0. The average molecular weight is 301 g/mol. The Balaban J connectivity index is 2.47. The molecule has 2 rings (SSSR count). The van der Waals surface area contributed by atoms with E-state index in [1.54, 1.807) is 6.08 Å². The average Bonchev–Trinajstić information content (AvgIpc) is 2.43. The Morgan fingerprint density at radius 2 is 1.94 bits per heavy atom. The normalized spacial score (nSPS) is 15.2. The van der Waals surface area contributed by atoms with Crippen molar-refractivity contribution in [2.24, 2.45) is 0 Å². The van der Waals surface area contributed by atoms with Gasteiger partial charge in [0.05, 0.1) is 0 Å². The molecule has 0 aromatic carbocycles. The summed E-state index contributed by atoms with van der Waals surface area (Å²) in [5.74, 6) is -0.159. The molecule has 0 aliphatic heterocycles. The second-order valence-corrected chi connectivity index (χ2v) is 7.43. The number of fused-ring (bicyclic) bond motifs is 1. The van der Waals surface area contributed by atoms with Crippen LogP contribution in [0.3, 0.4) is 0 Å². The lowest BCUT2D eigenvalue weighted by atomic mass is 10.0. The Bertz CT molecular complexity index is 451. The summed E-state index contributed by atoms with van der Waals surface area (Å²) in [6, 6.07) is 0. The van der Waals surface area contributed by atoms with E-state index in [0.29, 0.717) is 17.5 Å². The van der Waals surface area contributed by atoms with E-state index in [1.165, 1.54) is 0 Å². The van der Waals surface area contributed by atoms with Crippen molar-refractivity contribution in [2.75, 3.05) is 0 Å². The van der Waals surface area contributed by atoms with Gasteiger partial charge in [-0.15, -0.1) is 0 Å². The van der Waals surface area contributed by atoms with E-state index < -0.39 is 3.12 Å². The number of aromatic nitrogens is 1. The van der Waals surface area contributed by atoms with Gasteiger partial charge in [-0.3, -0.25) is 0 Å². The number of nitrogens with zero attached hydrogens (tertiary/aromatic N) is 1. The minimum absolute atomic E-state index is 0.0619. The maximum atomic E-state index is 9.89. The van der Waals surface area contributed by atoms with Crippen LogP contribution in [0.2, 0.25) is 0 Å². The molecule has 1 aliphatic rings. The Morgan fingerprint density at radius 1 is 1.25 bits per heavy atom. The van der Waals surface area contributed by atoms with Gasteiger partial charge in [-0.1, -0.05) is 47.0 Å². The van der Waals surface area contributed by atoms with Crippen LogP contribution in [-0.2, 0) is 6.42 Å². The molecule has 1 aromatic rings. The van der Waals surface area contributed by atoms with Gasteiger partial charge in [0.2, 0.25) is 11.8 Å². The van der Waals surface area contributed by atoms with Crippen LogP contribution in [-0.4, -0.2) is 17.3 Å². The highest BCUT2D eigenvalue weighted by Gasteiger charge is 2.29. The number of rotatable bonds is 1. The minimum atomic E-state index is -1.64. The molecular weight excluding hydrogens is 293 g/mol. The molecule has 0 spiro atoms. The first-order valence-corrected chi connectivity index (χ1v) is 6.39. The van der Waals surface area contributed by atoms with Gasteiger partial charge in [-0.05, 0) is 12.8 Å². The van der Waals surface area contributed by atoms with Gasteiger partial charge >= 0.3 is 0 Å². The van der Waals surface area contributed by atoms with E-state index >= 15 is 0 Å². The highest BCUT2D eigenvalue weighted by molar-refractivity contribution is 8.03. The second kappa shape index (κ2) is 4.26. The molecule has 0 bridgehead atoms. The van der Waals surface area contributed by atoms with Crippen LogP contribution in [0.1, 0.15) is 17.5 Å². The third-order valence-electron chi connectivity index (χ3n) is 2.26. The molecule has 1 heterocycles. The first kappa shape index (κ1) is 12.3. The molecule has 1 aromatic heterocycles. The Hall–Kier alpha value is -0.160. The van der Waals surface area contributed by atoms with Crippen molar-refractivity contribution in [1.29, 1.82) is 0 Å².